The number of nitrogens with one attached hydrogen (secondary N) is 1. The average molecular weight is 353 g/mol. The van der Waals surface area contributed by atoms with Crippen LogP contribution in [0.15, 0.2) is 21.7 Å². The highest BCUT2D eigenvalue weighted by molar-refractivity contribution is 9.10. The van der Waals surface area contributed by atoms with Crippen molar-refractivity contribution < 1.29 is 14.3 Å². The molecule has 0 bridgehead atoms. The molecule has 5 nitrogen and oxygen atoms in total. The molecule has 112 valence electrons. The van der Waals surface area contributed by atoms with Crippen LogP contribution in [0.25, 0.3) is 0 Å². The summed E-state index contributed by atoms with van der Waals surface area (Å²) in [7, 11) is 0. The highest BCUT2D eigenvalue weighted by Gasteiger charge is 2.20. The first-order valence-electron chi connectivity index (χ1n) is 7.16. The summed E-state index contributed by atoms with van der Waals surface area (Å²) in [6.07, 6.45) is 7.05. The molecule has 1 saturated carbocycles. The van der Waals surface area contributed by atoms with Crippen LogP contribution in [0.4, 0.5) is 0 Å². The summed E-state index contributed by atoms with van der Waals surface area (Å²) in [5.41, 5.74) is 3.47. The normalized spacial score (nSPS) is 18.1. The minimum absolute atomic E-state index is 0.0165. The molecule has 1 amide bonds. The average Bonchev–Trinajstić information content (AvgIpc) is 2.95. The molecule has 1 fully saturated rings. The van der Waals surface area contributed by atoms with Gasteiger partial charge in [-0.25, -0.2) is 5.43 Å². The summed E-state index contributed by atoms with van der Waals surface area (Å²) in [6, 6.07) is 3.68. The number of benzene rings is 1. The zero-order valence-corrected chi connectivity index (χ0v) is 13.2. The van der Waals surface area contributed by atoms with Crippen molar-refractivity contribution in [2.45, 2.75) is 32.1 Å². The molecule has 1 aliphatic heterocycles. The lowest BCUT2D eigenvalue weighted by atomic mass is 9.89. The van der Waals surface area contributed by atoms with E-state index in [1.54, 1.807) is 6.21 Å². The Hall–Kier alpha value is -1.56. The molecule has 1 N–H and O–H groups in total. The van der Waals surface area contributed by atoms with Crippen LogP contribution in [0.1, 0.15) is 37.7 Å². The fourth-order valence-corrected chi connectivity index (χ4v) is 3.08. The molecule has 3 rings (SSSR count). The number of ether oxygens (including phenoxy) is 2. The first-order chi connectivity index (χ1) is 10.2. The van der Waals surface area contributed by atoms with Crippen LogP contribution in [-0.2, 0) is 4.79 Å². The number of nitrogens with zero attached hydrogens (tertiary/aromatic N) is 1. The first-order valence-corrected chi connectivity index (χ1v) is 7.95. The van der Waals surface area contributed by atoms with E-state index in [1.165, 1.54) is 6.42 Å². The third-order valence-electron chi connectivity index (χ3n) is 3.85. The Morgan fingerprint density at radius 2 is 1.95 bits per heavy atom. The summed E-state index contributed by atoms with van der Waals surface area (Å²) in [5, 5.41) is 4.05. The molecular formula is C15H17BrN2O3. The van der Waals surface area contributed by atoms with Crippen LogP contribution in [0, 0.1) is 5.92 Å². The highest BCUT2D eigenvalue weighted by Crippen LogP contribution is 2.36. The molecule has 0 spiro atoms. The van der Waals surface area contributed by atoms with E-state index in [0.29, 0.717) is 11.5 Å². The summed E-state index contributed by atoms with van der Waals surface area (Å²) in [5.74, 6) is 1.53. The predicted molar refractivity (Wildman–Crippen MR) is 82.6 cm³/mol. The number of carbonyl (C=O) groups is 1. The molecule has 21 heavy (non-hydrogen) atoms. The van der Waals surface area contributed by atoms with Gasteiger partial charge < -0.3 is 9.47 Å². The number of hydrogen-bond acceptors (Lipinski definition) is 4. The largest absolute Gasteiger partial charge is 0.454 e. The van der Waals surface area contributed by atoms with E-state index in [2.05, 4.69) is 26.5 Å². The molecule has 0 saturated heterocycles. The van der Waals surface area contributed by atoms with Crippen LogP contribution in [0.3, 0.4) is 0 Å². The molecule has 2 aliphatic rings. The molecule has 0 aromatic heterocycles. The number of carbonyl (C=O) groups excluding carboxylic acids is 1. The lowest BCUT2D eigenvalue weighted by Gasteiger charge is -2.19. The molecule has 1 aromatic rings. The van der Waals surface area contributed by atoms with Gasteiger partial charge in [0.05, 0.1) is 6.21 Å². The summed E-state index contributed by atoms with van der Waals surface area (Å²) < 4.78 is 11.5. The molecule has 6 heteroatoms. The van der Waals surface area contributed by atoms with E-state index in [-0.39, 0.29) is 18.6 Å². The van der Waals surface area contributed by atoms with Crippen molar-refractivity contribution in [3.8, 4) is 11.5 Å². The fourth-order valence-electron chi connectivity index (χ4n) is 2.65. The van der Waals surface area contributed by atoms with Gasteiger partial charge >= 0.3 is 0 Å². The lowest BCUT2D eigenvalue weighted by Crippen LogP contribution is -2.28. The number of hydrogen-bond donors (Lipinski definition) is 1. The zero-order chi connectivity index (χ0) is 14.7. The van der Waals surface area contributed by atoms with Gasteiger partial charge in [-0.2, -0.15) is 5.10 Å². The Kier molecular flexibility index (Phi) is 4.43. The molecule has 1 aromatic carbocycles. The third-order valence-corrected chi connectivity index (χ3v) is 4.53. The molecular weight excluding hydrogens is 336 g/mol. The fraction of sp³-hybridized carbons (Fsp3) is 0.467. The van der Waals surface area contributed by atoms with Gasteiger partial charge in [-0.3, -0.25) is 4.79 Å². The summed E-state index contributed by atoms with van der Waals surface area (Å²) >= 11 is 3.45. The monoisotopic (exact) mass is 352 g/mol. The maximum absolute atomic E-state index is 12.0. The first kappa shape index (κ1) is 14.4. The van der Waals surface area contributed by atoms with Crippen molar-refractivity contribution in [1.82, 2.24) is 5.43 Å². The van der Waals surface area contributed by atoms with Crippen molar-refractivity contribution in [2.24, 2.45) is 11.0 Å². The van der Waals surface area contributed by atoms with Crippen molar-refractivity contribution in [3.63, 3.8) is 0 Å². The number of amides is 1. The quantitative estimate of drug-likeness (QED) is 0.671. The smallest absolute Gasteiger partial charge is 0.243 e. The van der Waals surface area contributed by atoms with Crippen molar-refractivity contribution in [2.75, 3.05) is 6.79 Å². The van der Waals surface area contributed by atoms with Gasteiger partial charge in [0.15, 0.2) is 11.5 Å². The molecule has 1 heterocycles. The topological polar surface area (TPSA) is 59.9 Å². The van der Waals surface area contributed by atoms with Gasteiger partial charge in [0.2, 0.25) is 12.7 Å². The Morgan fingerprint density at radius 1 is 1.24 bits per heavy atom. The number of hydrazone groups is 1. The van der Waals surface area contributed by atoms with Gasteiger partial charge in [-0.1, -0.05) is 19.3 Å². The summed E-state index contributed by atoms with van der Waals surface area (Å²) in [6.45, 7) is 0.237. The van der Waals surface area contributed by atoms with E-state index >= 15 is 0 Å². The molecule has 0 atom stereocenters. The van der Waals surface area contributed by atoms with Gasteiger partial charge in [0.25, 0.3) is 0 Å². The Bertz CT molecular complexity index is 568. The van der Waals surface area contributed by atoms with Crippen molar-refractivity contribution in [3.05, 3.63) is 22.2 Å². The van der Waals surface area contributed by atoms with Crippen LogP contribution in [0.2, 0.25) is 0 Å². The van der Waals surface area contributed by atoms with Crippen LogP contribution >= 0.6 is 15.9 Å². The number of halogens is 1. The second-order valence-corrected chi connectivity index (χ2v) is 6.15. The third kappa shape index (κ3) is 3.37. The second-order valence-electron chi connectivity index (χ2n) is 5.30. The van der Waals surface area contributed by atoms with E-state index in [4.69, 9.17) is 9.47 Å². The predicted octanol–water partition coefficient (Wildman–Crippen LogP) is 3.21. The standard InChI is InChI=1S/C15H17BrN2O3/c16-12-7-14-13(20-9-21-14)6-11(12)8-17-18-15(19)10-4-2-1-3-5-10/h6-8,10H,1-5,9H2,(H,18,19). The van der Waals surface area contributed by atoms with Crippen molar-refractivity contribution in [1.29, 1.82) is 0 Å². The number of fused-ring (bicyclic) bond motifs is 1. The van der Waals surface area contributed by atoms with E-state index in [1.807, 2.05) is 12.1 Å². The van der Waals surface area contributed by atoms with E-state index < -0.39 is 0 Å². The van der Waals surface area contributed by atoms with Gasteiger partial charge in [0, 0.05) is 16.0 Å². The van der Waals surface area contributed by atoms with Gasteiger partial charge in [-0.05, 0) is 40.9 Å². The maximum atomic E-state index is 12.0. The number of rotatable bonds is 3. The highest BCUT2D eigenvalue weighted by atomic mass is 79.9. The Labute approximate surface area is 131 Å². The Balaban J connectivity index is 1.62. The van der Waals surface area contributed by atoms with E-state index in [9.17, 15) is 4.79 Å². The van der Waals surface area contributed by atoms with Gasteiger partial charge in [-0.15, -0.1) is 0 Å². The molecule has 1 aliphatic carbocycles. The SMILES string of the molecule is O=C(NN=Cc1cc2c(cc1Br)OCO2)C1CCCCC1. The van der Waals surface area contributed by atoms with Crippen molar-refractivity contribution >= 4 is 28.1 Å². The van der Waals surface area contributed by atoms with Crippen LogP contribution in [-0.4, -0.2) is 18.9 Å². The van der Waals surface area contributed by atoms with Crippen LogP contribution in [0.5, 0.6) is 11.5 Å². The van der Waals surface area contributed by atoms with E-state index in [0.717, 1.165) is 35.7 Å². The molecule has 0 unspecified atom stereocenters. The minimum Gasteiger partial charge on any atom is -0.454 e. The maximum Gasteiger partial charge on any atom is 0.243 e. The molecule has 0 radical (unpaired) electrons. The van der Waals surface area contributed by atoms with Gasteiger partial charge in [0.1, 0.15) is 0 Å². The Morgan fingerprint density at radius 3 is 2.71 bits per heavy atom. The van der Waals surface area contributed by atoms with Crippen LogP contribution < -0.4 is 14.9 Å². The minimum atomic E-state index is 0.0165. The summed E-state index contributed by atoms with van der Waals surface area (Å²) in [4.78, 5) is 12.0. The lowest BCUT2D eigenvalue weighted by molar-refractivity contribution is -0.125. The zero-order valence-electron chi connectivity index (χ0n) is 11.6. The second kappa shape index (κ2) is 6.47.